The number of nitrogens with two attached hydrogens (primary N) is 1. The number of anilines is 1. The molecule has 2 aromatic heterocycles. The van der Waals surface area contributed by atoms with Gasteiger partial charge in [0.2, 0.25) is 5.95 Å². The molecule has 1 fully saturated rings. The molecule has 0 unspecified atom stereocenters. The van der Waals surface area contributed by atoms with Crippen molar-refractivity contribution in [3.63, 3.8) is 0 Å². The highest BCUT2D eigenvalue weighted by atomic mass is 16.6. The van der Waals surface area contributed by atoms with Crippen molar-refractivity contribution in [3.05, 3.63) is 16.7 Å². The van der Waals surface area contributed by atoms with E-state index in [2.05, 4.69) is 9.97 Å². The summed E-state index contributed by atoms with van der Waals surface area (Å²) >= 11 is 0. The van der Waals surface area contributed by atoms with Gasteiger partial charge >= 0.3 is 23.6 Å². The number of imidazole rings is 1. The van der Waals surface area contributed by atoms with Crippen LogP contribution in [0.4, 0.5) is 5.95 Å². The first-order chi connectivity index (χ1) is 16.0. The smallest absolute Gasteiger partial charge is 0.332 e. The standard InChI is InChI=1S/C21H29N5O8/c1-6-15(32-12(4)28)16-7-17(33-13(5)29)19(34-16)26-18-14(8-23-20(22)24-18)25(21(26)30)9-10(2)31-11(3)27/h8,10,15-17,19H,6-7,9H2,1-5H3,(H2,22,23,24)/t10-,15+,16-,17+,19+/m0/s1. The minimum absolute atomic E-state index is 0.0224. The van der Waals surface area contributed by atoms with E-state index in [0.29, 0.717) is 11.9 Å². The van der Waals surface area contributed by atoms with Crippen molar-refractivity contribution in [2.45, 2.75) is 84.6 Å². The molecule has 0 bridgehead atoms. The maximum Gasteiger partial charge on any atom is 0.332 e. The van der Waals surface area contributed by atoms with E-state index in [0.717, 1.165) is 0 Å². The Morgan fingerprint density at radius 2 is 1.88 bits per heavy atom. The number of fused-ring (bicyclic) bond motifs is 1. The number of nitrogen functional groups attached to an aromatic ring is 1. The van der Waals surface area contributed by atoms with Gasteiger partial charge in [0.1, 0.15) is 29.9 Å². The Balaban J connectivity index is 2.08. The van der Waals surface area contributed by atoms with Crippen LogP contribution in [0.5, 0.6) is 0 Å². The summed E-state index contributed by atoms with van der Waals surface area (Å²) in [7, 11) is 0. The van der Waals surface area contributed by atoms with Gasteiger partial charge in [0.05, 0.1) is 12.7 Å². The zero-order chi connectivity index (χ0) is 25.2. The van der Waals surface area contributed by atoms with E-state index in [1.807, 2.05) is 6.92 Å². The molecule has 0 saturated carbocycles. The molecule has 13 nitrogen and oxygen atoms in total. The van der Waals surface area contributed by atoms with Crippen molar-refractivity contribution in [2.75, 3.05) is 5.73 Å². The largest absolute Gasteiger partial charge is 0.461 e. The predicted molar refractivity (Wildman–Crippen MR) is 117 cm³/mol. The van der Waals surface area contributed by atoms with E-state index in [1.165, 1.54) is 36.1 Å². The number of carbonyl (C=O) groups excluding carboxylic acids is 3. The van der Waals surface area contributed by atoms with Crippen LogP contribution in [0.15, 0.2) is 11.0 Å². The highest BCUT2D eigenvalue weighted by Gasteiger charge is 2.44. The van der Waals surface area contributed by atoms with E-state index >= 15 is 0 Å². The fraction of sp³-hybridized carbons (Fsp3) is 0.619. The van der Waals surface area contributed by atoms with Gasteiger partial charge in [0, 0.05) is 27.2 Å². The Kier molecular flexibility index (Phi) is 7.54. The fourth-order valence-electron chi connectivity index (χ4n) is 4.14. The van der Waals surface area contributed by atoms with E-state index in [1.54, 1.807) is 6.92 Å². The summed E-state index contributed by atoms with van der Waals surface area (Å²) in [6, 6.07) is 0. The second kappa shape index (κ2) is 10.2. The molecule has 1 aliphatic rings. The van der Waals surface area contributed by atoms with Gasteiger partial charge in [0.15, 0.2) is 11.9 Å². The molecule has 0 spiro atoms. The number of ether oxygens (including phenoxy) is 4. The highest BCUT2D eigenvalue weighted by Crippen LogP contribution is 2.35. The van der Waals surface area contributed by atoms with Crippen molar-refractivity contribution in [2.24, 2.45) is 0 Å². The second-order valence-corrected chi connectivity index (χ2v) is 8.13. The molecule has 5 atom stereocenters. The molecule has 13 heteroatoms. The van der Waals surface area contributed by atoms with Crippen LogP contribution in [0.1, 0.15) is 53.7 Å². The molecule has 1 aliphatic heterocycles. The lowest BCUT2D eigenvalue weighted by atomic mass is 10.1. The van der Waals surface area contributed by atoms with Crippen LogP contribution >= 0.6 is 0 Å². The van der Waals surface area contributed by atoms with E-state index < -0.39 is 54.2 Å². The minimum atomic E-state index is -1.06. The zero-order valence-electron chi connectivity index (χ0n) is 19.7. The Labute approximate surface area is 195 Å². The fourth-order valence-corrected chi connectivity index (χ4v) is 4.14. The number of carbonyl (C=O) groups is 3. The van der Waals surface area contributed by atoms with Gasteiger partial charge in [0.25, 0.3) is 0 Å². The number of hydrogen-bond acceptors (Lipinski definition) is 11. The molecule has 2 N–H and O–H groups in total. The first-order valence-corrected chi connectivity index (χ1v) is 10.9. The van der Waals surface area contributed by atoms with Gasteiger partial charge in [-0.3, -0.25) is 19.0 Å². The van der Waals surface area contributed by atoms with Crippen molar-refractivity contribution in [1.29, 1.82) is 0 Å². The summed E-state index contributed by atoms with van der Waals surface area (Å²) in [5, 5.41) is 0. The molecule has 3 heterocycles. The molecule has 0 amide bonds. The van der Waals surface area contributed by atoms with Crippen molar-refractivity contribution in [1.82, 2.24) is 19.1 Å². The molecule has 0 aromatic carbocycles. The molecule has 1 saturated heterocycles. The normalized spacial score (nSPS) is 21.7. The summed E-state index contributed by atoms with van der Waals surface area (Å²) in [6.45, 7) is 7.31. The Bertz CT molecular complexity index is 1140. The monoisotopic (exact) mass is 479 g/mol. The lowest BCUT2D eigenvalue weighted by molar-refractivity contribution is -0.158. The third-order valence-electron chi connectivity index (χ3n) is 5.33. The molecule has 3 rings (SSSR count). The summed E-state index contributed by atoms with van der Waals surface area (Å²) < 4.78 is 24.7. The third kappa shape index (κ3) is 5.35. The molecular formula is C21H29N5O8. The van der Waals surface area contributed by atoms with E-state index in [-0.39, 0.29) is 24.6 Å². The topological polar surface area (TPSA) is 167 Å². The first kappa shape index (κ1) is 25.1. The van der Waals surface area contributed by atoms with Gasteiger partial charge in [-0.25, -0.2) is 14.3 Å². The van der Waals surface area contributed by atoms with E-state index in [4.69, 9.17) is 24.7 Å². The van der Waals surface area contributed by atoms with Crippen molar-refractivity contribution >= 4 is 35.0 Å². The van der Waals surface area contributed by atoms with Crippen LogP contribution in [0.3, 0.4) is 0 Å². The number of nitrogens with zero attached hydrogens (tertiary/aromatic N) is 4. The molecular weight excluding hydrogens is 450 g/mol. The van der Waals surface area contributed by atoms with Gasteiger partial charge in [-0.15, -0.1) is 0 Å². The predicted octanol–water partition coefficient (Wildman–Crippen LogP) is 0.688. The SMILES string of the molecule is CC[C@@H](OC(C)=O)[C@@H]1C[C@@H](OC(C)=O)[C@H](n2c(=O)n(C[C@H](C)OC(C)=O)c3cnc(N)nc32)O1. The summed E-state index contributed by atoms with van der Waals surface area (Å²) in [4.78, 5) is 56.4. The average molecular weight is 479 g/mol. The van der Waals surface area contributed by atoms with Crippen molar-refractivity contribution in [3.8, 4) is 0 Å². The molecule has 186 valence electrons. The van der Waals surface area contributed by atoms with Gasteiger partial charge in [-0.05, 0) is 13.3 Å². The molecule has 0 aliphatic carbocycles. The maximum absolute atomic E-state index is 13.5. The van der Waals surface area contributed by atoms with Crippen LogP contribution in [-0.2, 0) is 39.9 Å². The number of hydrogen-bond donors (Lipinski definition) is 1. The lowest BCUT2D eigenvalue weighted by Crippen LogP contribution is -2.35. The Hall–Kier alpha value is -3.48. The number of rotatable bonds is 8. The van der Waals surface area contributed by atoms with Gasteiger partial charge < -0.3 is 24.7 Å². The maximum atomic E-state index is 13.5. The van der Waals surface area contributed by atoms with Crippen LogP contribution in [-0.4, -0.2) is 61.4 Å². The molecule has 2 aromatic rings. The van der Waals surface area contributed by atoms with Crippen LogP contribution in [0.25, 0.3) is 11.2 Å². The van der Waals surface area contributed by atoms with E-state index in [9.17, 15) is 19.2 Å². The number of aromatic nitrogens is 4. The average Bonchev–Trinajstić information content (AvgIpc) is 3.23. The van der Waals surface area contributed by atoms with Crippen LogP contribution < -0.4 is 11.4 Å². The third-order valence-corrected chi connectivity index (χ3v) is 5.33. The first-order valence-electron chi connectivity index (χ1n) is 10.9. The second-order valence-electron chi connectivity index (χ2n) is 8.13. The lowest BCUT2D eigenvalue weighted by Gasteiger charge is -2.22. The van der Waals surface area contributed by atoms with Gasteiger partial charge in [-0.2, -0.15) is 4.98 Å². The zero-order valence-corrected chi connectivity index (χ0v) is 19.7. The summed E-state index contributed by atoms with van der Waals surface area (Å²) in [5.41, 5.74) is 5.74. The highest BCUT2D eigenvalue weighted by molar-refractivity contribution is 5.72. The van der Waals surface area contributed by atoms with Crippen LogP contribution in [0, 0.1) is 0 Å². The minimum Gasteiger partial charge on any atom is -0.461 e. The summed E-state index contributed by atoms with van der Waals surface area (Å²) in [6.07, 6.45) is -1.74. The Morgan fingerprint density at radius 3 is 2.47 bits per heavy atom. The number of esters is 3. The van der Waals surface area contributed by atoms with Crippen LogP contribution in [0.2, 0.25) is 0 Å². The summed E-state index contributed by atoms with van der Waals surface area (Å²) in [5.74, 6) is -1.60. The molecule has 0 radical (unpaired) electrons. The molecule has 34 heavy (non-hydrogen) atoms. The van der Waals surface area contributed by atoms with Crippen molar-refractivity contribution < 1.29 is 33.3 Å². The van der Waals surface area contributed by atoms with Gasteiger partial charge in [-0.1, -0.05) is 6.92 Å². The quantitative estimate of drug-likeness (QED) is 0.418. The Morgan fingerprint density at radius 1 is 1.21 bits per heavy atom.